The predicted molar refractivity (Wildman–Crippen MR) is 168 cm³/mol. The molecule has 1 atom stereocenters. The molecule has 10 heteroatoms. The molecule has 1 unspecified atom stereocenters. The first-order chi connectivity index (χ1) is 21.0. The van der Waals surface area contributed by atoms with E-state index in [4.69, 9.17) is 26.0 Å². The number of aromatic nitrogens is 2. The zero-order valence-corrected chi connectivity index (χ0v) is 25.0. The summed E-state index contributed by atoms with van der Waals surface area (Å²) in [5.74, 6) is 0.722. The normalized spacial score (nSPS) is 18.7. The molecule has 0 radical (unpaired) electrons. The van der Waals surface area contributed by atoms with Gasteiger partial charge in [-0.1, -0.05) is 36.9 Å². The fourth-order valence-corrected chi connectivity index (χ4v) is 6.35. The Kier molecular flexibility index (Phi) is 8.45. The lowest BCUT2D eigenvalue weighted by Crippen LogP contribution is -2.56. The SMILES string of the molecule is [C-]#[N+]CC1CN(c2nc(OCCN(C)C3COC3)nc3c2CCN(c2cccc4cccc(C)c24)C3)CCN1C(=O)C=C. The van der Waals surface area contributed by atoms with Crippen LogP contribution >= 0.6 is 0 Å². The number of carbonyl (C=O) groups excluding carboxylic acids is 1. The monoisotopic (exact) mass is 581 g/mol. The topological polar surface area (TPSA) is 78.6 Å². The Hall–Kier alpha value is -4.20. The molecular formula is C33H39N7O3. The number of hydrogen-bond acceptors (Lipinski definition) is 8. The quantitative estimate of drug-likeness (QED) is 0.281. The minimum atomic E-state index is -0.233. The molecule has 2 fully saturated rings. The standard InChI is InChI=1S/C33H39N7O3/c1-5-30(41)40-15-14-39(19-25(40)18-34-3)32-27-12-13-38(29-11-7-10-24-9-6-8-23(2)31(24)29)20-28(27)35-33(36-32)43-17-16-37(4)26-21-42-22-26/h5-11,25-26H,1,12-22H2,2,4H3. The molecule has 4 heterocycles. The van der Waals surface area contributed by atoms with Crippen molar-refractivity contribution < 1.29 is 14.3 Å². The van der Waals surface area contributed by atoms with Gasteiger partial charge in [0.15, 0.2) is 0 Å². The summed E-state index contributed by atoms with van der Waals surface area (Å²) in [6.07, 6.45) is 2.12. The van der Waals surface area contributed by atoms with E-state index in [9.17, 15) is 4.79 Å². The summed E-state index contributed by atoms with van der Waals surface area (Å²) < 4.78 is 11.5. The van der Waals surface area contributed by atoms with Crippen LogP contribution in [0.15, 0.2) is 49.1 Å². The van der Waals surface area contributed by atoms with Crippen LogP contribution < -0.4 is 14.5 Å². The summed E-state index contributed by atoms with van der Waals surface area (Å²) in [5.41, 5.74) is 4.55. The minimum absolute atomic E-state index is 0.135. The maximum atomic E-state index is 12.5. The van der Waals surface area contributed by atoms with E-state index in [-0.39, 0.29) is 18.5 Å². The Morgan fingerprint density at radius 3 is 2.74 bits per heavy atom. The van der Waals surface area contributed by atoms with E-state index in [0.717, 1.165) is 49.8 Å². The highest BCUT2D eigenvalue weighted by Crippen LogP contribution is 2.35. The number of likely N-dealkylation sites (N-methyl/N-ethyl adjacent to an activating group) is 1. The number of carbonyl (C=O) groups is 1. The van der Waals surface area contributed by atoms with Gasteiger partial charge in [-0.15, -0.1) is 0 Å². The van der Waals surface area contributed by atoms with Crippen molar-refractivity contribution in [2.24, 2.45) is 0 Å². The number of piperazine rings is 1. The lowest BCUT2D eigenvalue weighted by Gasteiger charge is -2.41. The van der Waals surface area contributed by atoms with Crippen molar-refractivity contribution in [2.45, 2.75) is 32.0 Å². The van der Waals surface area contributed by atoms with E-state index >= 15 is 0 Å². The molecule has 224 valence electrons. The van der Waals surface area contributed by atoms with Gasteiger partial charge in [0.2, 0.25) is 12.5 Å². The second-order valence-electron chi connectivity index (χ2n) is 11.6. The van der Waals surface area contributed by atoms with Gasteiger partial charge < -0.3 is 29.0 Å². The van der Waals surface area contributed by atoms with Crippen LogP contribution in [0.3, 0.4) is 0 Å². The number of anilines is 2. The first kappa shape index (κ1) is 28.9. The van der Waals surface area contributed by atoms with E-state index in [2.05, 4.69) is 76.5 Å². The van der Waals surface area contributed by atoms with Gasteiger partial charge in [0, 0.05) is 49.4 Å². The molecule has 0 bridgehead atoms. The van der Waals surface area contributed by atoms with Gasteiger partial charge in [-0.25, -0.2) is 6.57 Å². The Morgan fingerprint density at radius 2 is 2.00 bits per heavy atom. The lowest BCUT2D eigenvalue weighted by molar-refractivity contribution is -0.128. The van der Waals surface area contributed by atoms with Crippen molar-refractivity contribution in [1.82, 2.24) is 19.8 Å². The third-order valence-electron chi connectivity index (χ3n) is 8.92. The van der Waals surface area contributed by atoms with Crippen LogP contribution in [0.2, 0.25) is 0 Å². The molecule has 43 heavy (non-hydrogen) atoms. The smallest absolute Gasteiger partial charge is 0.318 e. The summed E-state index contributed by atoms with van der Waals surface area (Å²) in [5, 5.41) is 2.50. The highest BCUT2D eigenvalue weighted by Gasteiger charge is 2.35. The molecule has 0 spiro atoms. The van der Waals surface area contributed by atoms with E-state index in [1.807, 2.05) is 0 Å². The van der Waals surface area contributed by atoms with Gasteiger partial charge in [-0.2, -0.15) is 9.97 Å². The molecule has 0 N–H and O–H groups in total. The predicted octanol–water partition coefficient (Wildman–Crippen LogP) is 3.33. The van der Waals surface area contributed by atoms with Crippen molar-refractivity contribution >= 4 is 28.2 Å². The zero-order valence-electron chi connectivity index (χ0n) is 25.0. The molecular weight excluding hydrogens is 542 g/mol. The molecule has 0 aliphatic carbocycles. The van der Waals surface area contributed by atoms with Crippen molar-refractivity contribution in [2.75, 3.05) is 75.9 Å². The Morgan fingerprint density at radius 1 is 1.19 bits per heavy atom. The molecule has 10 nitrogen and oxygen atoms in total. The average Bonchev–Trinajstić information content (AvgIpc) is 2.99. The fraction of sp³-hybridized carbons (Fsp3) is 0.455. The first-order valence-electron chi connectivity index (χ1n) is 15.0. The van der Waals surface area contributed by atoms with Crippen LogP contribution in [0, 0.1) is 13.5 Å². The second-order valence-corrected chi connectivity index (χ2v) is 11.6. The van der Waals surface area contributed by atoms with Crippen molar-refractivity contribution in [1.29, 1.82) is 0 Å². The zero-order chi connectivity index (χ0) is 29.9. The Balaban J connectivity index is 1.30. The van der Waals surface area contributed by atoms with Gasteiger partial charge in [-0.05, 0) is 43.5 Å². The lowest BCUT2D eigenvalue weighted by atomic mass is 9.99. The van der Waals surface area contributed by atoms with Crippen LogP contribution in [0.4, 0.5) is 11.5 Å². The van der Waals surface area contributed by atoms with E-state index in [1.54, 1.807) is 4.90 Å². The number of nitrogens with zero attached hydrogens (tertiary/aromatic N) is 7. The highest BCUT2D eigenvalue weighted by molar-refractivity contribution is 5.97. The number of amides is 1. The van der Waals surface area contributed by atoms with Crippen molar-refractivity contribution in [3.8, 4) is 6.01 Å². The summed E-state index contributed by atoms with van der Waals surface area (Å²) in [6.45, 7) is 19.4. The van der Waals surface area contributed by atoms with Crippen LogP contribution in [-0.4, -0.2) is 104 Å². The maximum Gasteiger partial charge on any atom is 0.318 e. The average molecular weight is 582 g/mol. The van der Waals surface area contributed by atoms with Crippen LogP contribution in [0.5, 0.6) is 6.01 Å². The molecule has 6 rings (SSSR count). The van der Waals surface area contributed by atoms with Crippen molar-refractivity contribution in [3.63, 3.8) is 0 Å². The van der Waals surface area contributed by atoms with Gasteiger partial charge in [-0.3, -0.25) is 9.69 Å². The van der Waals surface area contributed by atoms with E-state index in [0.29, 0.717) is 44.8 Å². The highest BCUT2D eigenvalue weighted by atomic mass is 16.5. The van der Waals surface area contributed by atoms with Gasteiger partial charge >= 0.3 is 6.01 Å². The molecule has 1 aromatic heterocycles. The van der Waals surface area contributed by atoms with Gasteiger partial charge in [0.05, 0.1) is 31.5 Å². The maximum absolute atomic E-state index is 12.5. The van der Waals surface area contributed by atoms with Crippen LogP contribution in [0.25, 0.3) is 15.6 Å². The largest absolute Gasteiger partial charge is 0.462 e. The van der Waals surface area contributed by atoms with E-state index in [1.165, 1.54) is 28.1 Å². The number of aryl methyl sites for hydroxylation is 1. The number of hydrogen-bond donors (Lipinski definition) is 0. The molecule has 3 aromatic rings. The van der Waals surface area contributed by atoms with Gasteiger partial charge in [0.25, 0.3) is 0 Å². The molecule has 3 aliphatic rings. The number of ether oxygens (including phenoxy) is 2. The summed E-state index contributed by atoms with van der Waals surface area (Å²) in [7, 11) is 2.08. The van der Waals surface area contributed by atoms with Crippen LogP contribution in [-0.2, 0) is 22.5 Å². The molecule has 1 amide bonds. The fourth-order valence-electron chi connectivity index (χ4n) is 6.35. The third kappa shape index (κ3) is 5.88. The summed E-state index contributed by atoms with van der Waals surface area (Å²) >= 11 is 0. The van der Waals surface area contributed by atoms with Crippen LogP contribution in [0.1, 0.15) is 16.8 Å². The Labute approximate surface area is 253 Å². The summed E-state index contributed by atoms with van der Waals surface area (Å²) in [6, 6.07) is 13.5. The minimum Gasteiger partial charge on any atom is -0.462 e. The molecule has 2 aromatic carbocycles. The first-order valence-corrected chi connectivity index (χ1v) is 15.0. The molecule has 0 saturated carbocycles. The van der Waals surface area contributed by atoms with Crippen molar-refractivity contribution in [3.05, 3.63) is 77.3 Å². The number of benzene rings is 2. The number of rotatable bonds is 9. The third-order valence-corrected chi connectivity index (χ3v) is 8.92. The van der Waals surface area contributed by atoms with E-state index < -0.39 is 0 Å². The molecule has 2 saturated heterocycles. The number of fused-ring (bicyclic) bond motifs is 2. The van der Waals surface area contributed by atoms with Gasteiger partial charge in [0.1, 0.15) is 18.5 Å². The second kappa shape index (κ2) is 12.6. The Bertz CT molecular complexity index is 1540. The molecule has 3 aliphatic heterocycles. The summed E-state index contributed by atoms with van der Waals surface area (Å²) in [4.78, 5) is 34.7.